The Bertz CT molecular complexity index is 997. The molecule has 4 N–H and O–H groups in total. The number of carbonyl (C=O) groups is 3. The number of hydrogen-bond donors (Lipinski definition) is 4. The Balaban J connectivity index is 1.83. The average Bonchev–Trinajstić information content (AvgIpc) is 2.94. The first-order valence-corrected chi connectivity index (χ1v) is 8.64. The highest BCUT2D eigenvalue weighted by molar-refractivity contribution is 6.10. The van der Waals surface area contributed by atoms with E-state index in [9.17, 15) is 37.8 Å². The van der Waals surface area contributed by atoms with E-state index in [1.807, 2.05) is 0 Å². The van der Waals surface area contributed by atoms with Crippen LogP contribution < -0.4 is 10.6 Å². The Morgan fingerprint density at radius 2 is 1.73 bits per heavy atom. The first-order chi connectivity index (χ1) is 14.0. The Morgan fingerprint density at radius 3 is 2.33 bits per heavy atom. The predicted octanol–water partition coefficient (Wildman–Crippen LogP) is 1.88. The summed E-state index contributed by atoms with van der Waals surface area (Å²) in [6.45, 7) is -0.450. The molecule has 0 aromatic heterocycles. The number of nitrogens with zero attached hydrogens (tertiary/aromatic N) is 1. The summed E-state index contributed by atoms with van der Waals surface area (Å²) in [4.78, 5) is 37.4. The fourth-order valence-corrected chi connectivity index (χ4v) is 2.92. The van der Waals surface area contributed by atoms with E-state index < -0.39 is 47.7 Å². The number of alkyl halides is 3. The van der Waals surface area contributed by atoms with Crippen molar-refractivity contribution in [2.45, 2.75) is 18.3 Å². The molecule has 0 radical (unpaired) electrons. The van der Waals surface area contributed by atoms with Crippen LogP contribution in [0.25, 0.3) is 0 Å². The van der Waals surface area contributed by atoms with Gasteiger partial charge in [-0.2, -0.15) is 13.2 Å². The van der Waals surface area contributed by atoms with Crippen molar-refractivity contribution in [2.75, 3.05) is 6.54 Å². The van der Waals surface area contributed by atoms with E-state index in [2.05, 4.69) is 0 Å². The number of aromatic hydroxyl groups is 2. The number of carbonyl (C=O) groups excluding carboxylic acids is 3. The lowest BCUT2D eigenvalue weighted by atomic mass is 10.1. The highest BCUT2D eigenvalue weighted by Crippen LogP contribution is 2.34. The van der Waals surface area contributed by atoms with Gasteiger partial charge in [-0.25, -0.2) is 4.79 Å². The van der Waals surface area contributed by atoms with Gasteiger partial charge in [0.05, 0.1) is 0 Å². The van der Waals surface area contributed by atoms with Gasteiger partial charge in [-0.15, -0.1) is 0 Å². The lowest BCUT2D eigenvalue weighted by Gasteiger charge is -2.29. The maximum atomic E-state index is 13.8. The Labute approximate surface area is 167 Å². The number of phenolic OH excluding ortho intramolecular Hbond substituents is 2. The number of rotatable bonds is 5. The lowest BCUT2D eigenvalue weighted by Crippen LogP contribution is -2.69. The summed E-state index contributed by atoms with van der Waals surface area (Å²) < 4.78 is 41.4. The van der Waals surface area contributed by atoms with E-state index in [-0.39, 0.29) is 12.0 Å². The van der Waals surface area contributed by atoms with Gasteiger partial charge in [0.1, 0.15) is 0 Å². The molecule has 8 nitrogen and oxygen atoms in total. The van der Waals surface area contributed by atoms with Crippen molar-refractivity contribution in [1.82, 2.24) is 15.5 Å². The summed E-state index contributed by atoms with van der Waals surface area (Å²) in [6, 6.07) is 9.31. The van der Waals surface area contributed by atoms with Gasteiger partial charge in [0, 0.05) is 12.1 Å². The largest absolute Gasteiger partial charge is 0.504 e. The van der Waals surface area contributed by atoms with Crippen molar-refractivity contribution in [3.05, 3.63) is 59.7 Å². The Hall–Kier alpha value is -3.76. The molecule has 2 aromatic carbocycles. The molecule has 1 aliphatic rings. The van der Waals surface area contributed by atoms with Crippen molar-refractivity contribution in [2.24, 2.45) is 0 Å². The zero-order valence-corrected chi connectivity index (χ0v) is 15.2. The minimum atomic E-state index is -5.31. The molecule has 30 heavy (non-hydrogen) atoms. The van der Waals surface area contributed by atoms with E-state index in [0.717, 1.165) is 12.1 Å². The maximum Gasteiger partial charge on any atom is 0.440 e. The first-order valence-electron chi connectivity index (χ1n) is 8.64. The van der Waals surface area contributed by atoms with Crippen molar-refractivity contribution >= 4 is 17.8 Å². The van der Waals surface area contributed by atoms with Crippen LogP contribution in [0.5, 0.6) is 11.5 Å². The third-order valence-corrected chi connectivity index (χ3v) is 4.53. The van der Waals surface area contributed by atoms with E-state index in [1.165, 1.54) is 30.3 Å². The molecule has 1 saturated heterocycles. The van der Waals surface area contributed by atoms with Crippen molar-refractivity contribution in [3.63, 3.8) is 0 Å². The number of benzene rings is 2. The molecule has 1 unspecified atom stereocenters. The molecule has 3 rings (SSSR count). The van der Waals surface area contributed by atoms with Crippen LogP contribution in [0.15, 0.2) is 48.5 Å². The standard InChI is InChI=1S/C19H16F3N3O5/c20-19(21,22)18(23-15(28)12-4-2-1-3-5-12)16(29)25(17(30)24-18)9-8-11-6-7-13(26)14(27)10-11/h1-7,10,26-27H,8-9H2,(H,23,28)(H,24,30). The molecule has 0 bridgehead atoms. The summed E-state index contributed by atoms with van der Waals surface area (Å²) in [5.41, 5.74) is -3.36. The first kappa shape index (κ1) is 21.0. The molecule has 4 amide bonds. The highest BCUT2D eigenvalue weighted by Gasteiger charge is 2.68. The molecular weight excluding hydrogens is 407 g/mol. The lowest BCUT2D eigenvalue weighted by molar-refractivity contribution is -0.200. The van der Waals surface area contributed by atoms with E-state index in [1.54, 1.807) is 16.7 Å². The van der Waals surface area contributed by atoms with Crippen molar-refractivity contribution < 1.29 is 37.8 Å². The van der Waals surface area contributed by atoms with Gasteiger partial charge in [-0.3, -0.25) is 19.8 Å². The molecule has 0 spiro atoms. The number of halogens is 3. The number of amides is 4. The third-order valence-electron chi connectivity index (χ3n) is 4.53. The van der Waals surface area contributed by atoms with E-state index >= 15 is 0 Å². The molecule has 1 heterocycles. The van der Waals surface area contributed by atoms with Gasteiger partial charge in [0.2, 0.25) is 0 Å². The van der Waals surface area contributed by atoms with Gasteiger partial charge in [-0.05, 0) is 36.2 Å². The number of nitrogens with one attached hydrogen (secondary N) is 2. The van der Waals surface area contributed by atoms with Crippen LogP contribution >= 0.6 is 0 Å². The van der Waals surface area contributed by atoms with Gasteiger partial charge in [-0.1, -0.05) is 24.3 Å². The highest BCUT2D eigenvalue weighted by atomic mass is 19.4. The van der Waals surface area contributed by atoms with Crippen molar-refractivity contribution in [1.29, 1.82) is 0 Å². The molecule has 1 atom stereocenters. The zero-order valence-electron chi connectivity index (χ0n) is 15.2. The summed E-state index contributed by atoms with van der Waals surface area (Å²) in [5, 5.41) is 22.0. The van der Waals surface area contributed by atoms with Gasteiger partial charge < -0.3 is 15.5 Å². The molecule has 0 aliphatic carbocycles. The fourth-order valence-electron chi connectivity index (χ4n) is 2.92. The second-order valence-corrected chi connectivity index (χ2v) is 6.53. The minimum absolute atomic E-state index is 0.0897. The Morgan fingerprint density at radius 1 is 1.07 bits per heavy atom. The number of hydrogen-bond acceptors (Lipinski definition) is 5. The molecule has 1 fully saturated rings. The summed E-state index contributed by atoms with van der Waals surface area (Å²) >= 11 is 0. The molecular formula is C19H16F3N3O5. The van der Waals surface area contributed by atoms with Crippen LogP contribution in [0.1, 0.15) is 15.9 Å². The molecule has 0 saturated carbocycles. The number of phenols is 2. The summed E-state index contributed by atoms with van der Waals surface area (Å²) in [5.74, 6) is -3.71. The topological polar surface area (TPSA) is 119 Å². The fraction of sp³-hybridized carbons (Fsp3) is 0.211. The minimum Gasteiger partial charge on any atom is -0.504 e. The Kier molecular flexibility index (Phi) is 5.29. The second kappa shape index (κ2) is 7.58. The SMILES string of the molecule is O=C(NC1(C(F)(F)F)NC(=O)N(CCc2ccc(O)c(O)c2)C1=O)c1ccccc1. The van der Waals surface area contributed by atoms with Gasteiger partial charge in [0.15, 0.2) is 11.5 Å². The zero-order chi connectivity index (χ0) is 22.1. The van der Waals surface area contributed by atoms with Crippen LogP contribution in [0.2, 0.25) is 0 Å². The van der Waals surface area contributed by atoms with Gasteiger partial charge in [0.25, 0.3) is 17.5 Å². The number of urea groups is 1. The normalized spacial score (nSPS) is 19.0. The van der Waals surface area contributed by atoms with Crippen LogP contribution in [-0.4, -0.2) is 51.3 Å². The number of imide groups is 1. The molecule has 158 valence electrons. The van der Waals surface area contributed by atoms with Crippen LogP contribution in [0, 0.1) is 0 Å². The van der Waals surface area contributed by atoms with Crippen LogP contribution in [-0.2, 0) is 11.2 Å². The summed E-state index contributed by atoms with van der Waals surface area (Å²) in [6.07, 6.45) is -5.40. The van der Waals surface area contributed by atoms with E-state index in [0.29, 0.717) is 10.5 Å². The molecule has 11 heteroatoms. The monoisotopic (exact) mass is 423 g/mol. The molecule has 1 aliphatic heterocycles. The predicted molar refractivity (Wildman–Crippen MR) is 96.4 cm³/mol. The average molecular weight is 423 g/mol. The quantitative estimate of drug-likeness (QED) is 0.433. The molecule has 2 aromatic rings. The van der Waals surface area contributed by atoms with Crippen molar-refractivity contribution in [3.8, 4) is 11.5 Å². The van der Waals surface area contributed by atoms with E-state index in [4.69, 9.17) is 0 Å². The van der Waals surface area contributed by atoms with Gasteiger partial charge >= 0.3 is 12.2 Å². The maximum absolute atomic E-state index is 13.8. The van der Waals surface area contributed by atoms with Crippen LogP contribution in [0.3, 0.4) is 0 Å². The third kappa shape index (κ3) is 3.73. The van der Waals surface area contributed by atoms with Crippen LogP contribution in [0.4, 0.5) is 18.0 Å². The summed E-state index contributed by atoms with van der Waals surface area (Å²) in [7, 11) is 0. The smallest absolute Gasteiger partial charge is 0.440 e. The second-order valence-electron chi connectivity index (χ2n) is 6.53.